The average Bonchev–Trinajstić information content (AvgIpc) is 2.50. The Kier molecular flexibility index (Phi) is 5.23. The molecular formula is C19H24O. The zero-order valence-electron chi connectivity index (χ0n) is 12.5. The van der Waals surface area contributed by atoms with Crippen LogP contribution in [-0.2, 0) is 12.8 Å². The van der Waals surface area contributed by atoms with Crippen LogP contribution in [0.1, 0.15) is 44.2 Å². The van der Waals surface area contributed by atoms with E-state index in [0.29, 0.717) is 5.75 Å². The molecule has 0 spiro atoms. The molecule has 0 radical (unpaired) electrons. The van der Waals surface area contributed by atoms with Gasteiger partial charge in [-0.2, -0.15) is 0 Å². The van der Waals surface area contributed by atoms with Gasteiger partial charge in [-0.25, -0.2) is 0 Å². The smallest absolute Gasteiger partial charge is 0.121 e. The van der Waals surface area contributed by atoms with Crippen LogP contribution < -0.4 is 0 Å². The molecule has 2 aromatic rings. The van der Waals surface area contributed by atoms with Crippen LogP contribution in [0.25, 0.3) is 11.1 Å². The fraction of sp³-hybridized carbons (Fsp3) is 0.368. The lowest BCUT2D eigenvalue weighted by molar-refractivity contribution is 0.460. The monoisotopic (exact) mass is 268 g/mol. The van der Waals surface area contributed by atoms with Gasteiger partial charge in [-0.15, -0.1) is 0 Å². The van der Waals surface area contributed by atoms with E-state index in [2.05, 4.69) is 50.2 Å². The molecule has 0 bridgehead atoms. The molecule has 0 fully saturated rings. The van der Waals surface area contributed by atoms with Crippen LogP contribution in [0.15, 0.2) is 42.5 Å². The Balaban J connectivity index is 2.36. The zero-order chi connectivity index (χ0) is 14.4. The Morgan fingerprint density at radius 1 is 0.850 bits per heavy atom. The molecule has 1 nitrogen and oxygen atoms in total. The normalized spacial score (nSPS) is 10.7. The predicted octanol–water partition coefficient (Wildman–Crippen LogP) is 5.35. The van der Waals surface area contributed by atoms with E-state index in [1.54, 1.807) is 0 Å². The lowest BCUT2D eigenvalue weighted by Crippen LogP contribution is -1.93. The van der Waals surface area contributed by atoms with E-state index in [9.17, 15) is 5.11 Å². The topological polar surface area (TPSA) is 20.2 Å². The quantitative estimate of drug-likeness (QED) is 0.700. The Morgan fingerprint density at radius 2 is 1.55 bits per heavy atom. The fourth-order valence-electron chi connectivity index (χ4n) is 2.58. The molecular weight excluding hydrogens is 244 g/mol. The third kappa shape index (κ3) is 3.41. The standard InChI is InChI=1S/C19H24O/c1-3-5-7-12-17-14-18(13-15(4-2)19(17)20)16-10-8-6-9-11-16/h6,8-11,13-14,20H,3-5,7,12H2,1-2H3. The number of aromatic hydroxyl groups is 1. The lowest BCUT2D eigenvalue weighted by atomic mass is 9.95. The van der Waals surface area contributed by atoms with Gasteiger partial charge in [0.05, 0.1) is 0 Å². The van der Waals surface area contributed by atoms with E-state index in [1.165, 1.54) is 24.0 Å². The van der Waals surface area contributed by atoms with E-state index in [4.69, 9.17) is 0 Å². The lowest BCUT2D eigenvalue weighted by Gasteiger charge is -2.12. The number of hydrogen-bond donors (Lipinski definition) is 1. The summed E-state index contributed by atoms with van der Waals surface area (Å²) in [6.45, 7) is 4.30. The van der Waals surface area contributed by atoms with E-state index in [1.807, 2.05) is 6.07 Å². The third-order valence-corrected chi connectivity index (χ3v) is 3.81. The summed E-state index contributed by atoms with van der Waals surface area (Å²) in [5.74, 6) is 0.503. The van der Waals surface area contributed by atoms with Crippen LogP contribution in [0.2, 0.25) is 0 Å². The highest BCUT2D eigenvalue weighted by molar-refractivity contribution is 5.67. The second-order valence-corrected chi connectivity index (χ2v) is 5.32. The number of rotatable bonds is 6. The molecule has 2 aromatic carbocycles. The summed E-state index contributed by atoms with van der Waals surface area (Å²) < 4.78 is 0. The van der Waals surface area contributed by atoms with E-state index < -0.39 is 0 Å². The van der Waals surface area contributed by atoms with Gasteiger partial charge in [0.15, 0.2) is 0 Å². The van der Waals surface area contributed by atoms with Crippen molar-refractivity contribution in [2.24, 2.45) is 0 Å². The summed E-state index contributed by atoms with van der Waals surface area (Å²) in [6, 6.07) is 14.7. The van der Waals surface area contributed by atoms with Gasteiger partial charge in [0.25, 0.3) is 0 Å². The molecule has 0 heterocycles. The minimum atomic E-state index is 0.503. The van der Waals surface area contributed by atoms with Crippen molar-refractivity contribution in [3.05, 3.63) is 53.6 Å². The van der Waals surface area contributed by atoms with Crippen LogP contribution in [0, 0.1) is 0 Å². The molecule has 0 amide bonds. The van der Waals surface area contributed by atoms with Gasteiger partial charge in [0, 0.05) is 0 Å². The minimum absolute atomic E-state index is 0.503. The molecule has 0 unspecified atom stereocenters. The first kappa shape index (κ1) is 14.6. The number of aryl methyl sites for hydroxylation is 2. The van der Waals surface area contributed by atoms with Gasteiger partial charge in [-0.1, -0.05) is 57.0 Å². The van der Waals surface area contributed by atoms with Gasteiger partial charge < -0.3 is 5.11 Å². The first-order valence-electron chi connectivity index (χ1n) is 7.66. The molecule has 0 saturated heterocycles. The molecule has 0 aliphatic heterocycles. The summed E-state index contributed by atoms with van der Waals surface area (Å²) in [6.07, 6.45) is 5.41. The van der Waals surface area contributed by atoms with Crippen molar-refractivity contribution >= 4 is 0 Å². The molecule has 0 saturated carbocycles. The third-order valence-electron chi connectivity index (χ3n) is 3.81. The first-order chi connectivity index (χ1) is 9.76. The Labute approximate surface area is 122 Å². The van der Waals surface area contributed by atoms with Crippen LogP contribution in [-0.4, -0.2) is 5.11 Å². The van der Waals surface area contributed by atoms with Gasteiger partial charge in [-0.05, 0) is 53.6 Å². The number of benzene rings is 2. The summed E-state index contributed by atoms with van der Waals surface area (Å²) in [7, 11) is 0. The molecule has 0 atom stereocenters. The van der Waals surface area contributed by atoms with Crippen molar-refractivity contribution in [2.75, 3.05) is 0 Å². The number of hydrogen-bond acceptors (Lipinski definition) is 1. The van der Waals surface area contributed by atoms with Crippen molar-refractivity contribution in [1.82, 2.24) is 0 Å². The Bertz CT molecular complexity index is 543. The predicted molar refractivity (Wildman–Crippen MR) is 86.1 cm³/mol. The van der Waals surface area contributed by atoms with E-state index in [-0.39, 0.29) is 0 Å². The van der Waals surface area contributed by atoms with Crippen LogP contribution >= 0.6 is 0 Å². The highest BCUT2D eigenvalue weighted by Gasteiger charge is 2.09. The Hall–Kier alpha value is -1.76. The molecule has 20 heavy (non-hydrogen) atoms. The van der Waals surface area contributed by atoms with E-state index in [0.717, 1.165) is 30.4 Å². The van der Waals surface area contributed by atoms with Gasteiger partial charge in [-0.3, -0.25) is 0 Å². The van der Waals surface area contributed by atoms with Crippen LogP contribution in [0.3, 0.4) is 0 Å². The number of phenolic OH excluding ortho intramolecular Hbond substituents is 1. The van der Waals surface area contributed by atoms with Crippen molar-refractivity contribution in [3.63, 3.8) is 0 Å². The summed E-state index contributed by atoms with van der Waals surface area (Å²) >= 11 is 0. The largest absolute Gasteiger partial charge is 0.507 e. The van der Waals surface area contributed by atoms with Crippen LogP contribution in [0.5, 0.6) is 5.75 Å². The van der Waals surface area contributed by atoms with Gasteiger partial charge in [0.1, 0.15) is 5.75 Å². The molecule has 2 rings (SSSR count). The number of phenols is 1. The Morgan fingerprint density at radius 3 is 2.20 bits per heavy atom. The van der Waals surface area contributed by atoms with Gasteiger partial charge >= 0.3 is 0 Å². The van der Waals surface area contributed by atoms with Crippen molar-refractivity contribution < 1.29 is 5.11 Å². The van der Waals surface area contributed by atoms with Gasteiger partial charge in [0.2, 0.25) is 0 Å². The minimum Gasteiger partial charge on any atom is -0.507 e. The average molecular weight is 268 g/mol. The maximum atomic E-state index is 10.4. The highest BCUT2D eigenvalue weighted by Crippen LogP contribution is 2.31. The second kappa shape index (κ2) is 7.14. The summed E-state index contributed by atoms with van der Waals surface area (Å²) in [5, 5.41) is 10.4. The molecule has 1 N–H and O–H groups in total. The summed E-state index contributed by atoms with van der Waals surface area (Å²) in [4.78, 5) is 0. The first-order valence-corrected chi connectivity index (χ1v) is 7.66. The second-order valence-electron chi connectivity index (χ2n) is 5.32. The number of unbranched alkanes of at least 4 members (excludes halogenated alkanes) is 2. The van der Waals surface area contributed by atoms with Crippen molar-refractivity contribution in [3.8, 4) is 16.9 Å². The fourth-order valence-corrected chi connectivity index (χ4v) is 2.58. The SMILES string of the molecule is CCCCCc1cc(-c2ccccc2)cc(CC)c1O. The van der Waals surface area contributed by atoms with E-state index >= 15 is 0 Å². The maximum Gasteiger partial charge on any atom is 0.121 e. The molecule has 0 aliphatic rings. The molecule has 0 aromatic heterocycles. The van der Waals surface area contributed by atoms with Crippen LogP contribution in [0.4, 0.5) is 0 Å². The molecule has 1 heteroatoms. The zero-order valence-corrected chi connectivity index (χ0v) is 12.5. The molecule has 0 aliphatic carbocycles. The van der Waals surface area contributed by atoms with Crippen molar-refractivity contribution in [1.29, 1.82) is 0 Å². The summed E-state index contributed by atoms with van der Waals surface area (Å²) in [5.41, 5.74) is 4.58. The maximum absolute atomic E-state index is 10.4. The molecule has 106 valence electrons. The van der Waals surface area contributed by atoms with Crippen molar-refractivity contribution in [2.45, 2.75) is 46.0 Å². The highest BCUT2D eigenvalue weighted by atomic mass is 16.3.